The van der Waals surface area contributed by atoms with Gasteiger partial charge in [0, 0.05) is 18.8 Å². The van der Waals surface area contributed by atoms with E-state index in [0.717, 1.165) is 16.8 Å². The fraction of sp³-hybridized carbons (Fsp3) is 0.500. The molecule has 2 aliphatic rings. The second-order valence-corrected chi connectivity index (χ2v) is 8.25. The van der Waals surface area contributed by atoms with Crippen LogP contribution in [0.15, 0.2) is 35.5 Å². The molecule has 2 aliphatic heterocycles. The fourth-order valence-electron chi connectivity index (χ4n) is 3.34. The highest BCUT2D eigenvalue weighted by Gasteiger charge is 2.33. The summed E-state index contributed by atoms with van der Waals surface area (Å²) in [5.74, 6) is 0.0400. The van der Waals surface area contributed by atoms with E-state index in [1.807, 2.05) is 11.8 Å². The van der Waals surface area contributed by atoms with Crippen molar-refractivity contribution in [1.82, 2.24) is 15.5 Å². The lowest BCUT2D eigenvalue weighted by molar-refractivity contribution is -0.131. The van der Waals surface area contributed by atoms with Crippen molar-refractivity contribution in [3.05, 3.63) is 46.7 Å². The molecule has 26 heavy (non-hydrogen) atoms. The number of amides is 1. The molecule has 1 fully saturated rings. The lowest BCUT2D eigenvalue weighted by atomic mass is 9.85. The third kappa shape index (κ3) is 3.91. The molecule has 6 heteroatoms. The summed E-state index contributed by atoms with van der Waals surface area (Å²) in [6, 6.07) is 8.20. The Hall–Kier alpha value is -1.92. The third-order valence-electron chi connectivity index (χ3n) is 4.91. The summed E-state index contributed by atoms with van der Waals surface area (Å²) in [5, 5.41) is 6.93. The monoisotopic (exact) mass is 373 g/mol. The zero-order chi connectivity index (χ0) is 18.9. The van der Waals surface area contributed by atoms with Crippen molar-refractivity contribution in [2.75, 3.05) is 26.3 Å². The van der Waals surface area contributed by atoms with E-state index in [9.17, 15) is 4.79 Å². The van der Waals surface area contributed by atoms with Crippen molar-refractivity contribution in [3.8, 4) is 0 Å². The maximum Gasteiger partial charge on any atom is 0.254 e. The van der Waals surface area contributed by atoms with Crippen LogP contribution in [0.4, 0.5) is 0 Å². The fourth-order valence-corrected chi connectivity index (χ4v) is 3.61. The first-order chi connectivity index (χ1) is 12.3. The molecule has 3 rings (SSSR count). The van der Waals surface area contributed by atoms with Gasteiger partial charge in [-0.15, -0.1) is 0 Å². The first kappa shape index (κ1) is 18.9. The van der Waals surface area contributed by atoms with Crippen LogP contribution in [0, 0.1) is 0 Å². The molecule has 1 saturated heterocycles. The number of nitrogens with zero attached hydrogens (tertiary/aromatic N) is 1. The summed E-state index contributed by atoms with van der Waals surface area (Å²) in [4.78, 5) is 15.0. The average molecular weight is 374 g/mol. The Morgan fingerprint density at radius 2 is 1.81 bits per heavy atom. The highest BCUT2D eigenvalue weighted by atomic mass is 32.1. The molecule has 140 valence electrons. The van der Waals surface area contributed by atoms with E-state index >= 15 is 0 Å². The van der Waals surface area contributed by atoms with Crippen molar-refractivity contribution in [2.45, 2.75) is 39.2 Å². The molecule has 1 aromatic carbocycles. The number of benzene rings is 1. The van der Waals surface area contributed by atoms with Crippen LogP contribution in [0.1, 0.15) is 44.9 Å². The number of rotatable bonds is 2. The zero-order valence-electron chi connectivity index (χ0n) is 15.9. The normalized spacial score (nSPS) is 21.3. The number of hydrogen-bond donors (Lipinski definition) is 2. The average Bonchev–Trinajstić information content (AvgIpc) is 2.61. The molecule has 0 saturated carbocycles. The summed E-state index contributed by atoms with van der Waals surface area (Å²) in [7, 11) is 0. The quantitative estimate of drug-likeness (QED) is 0.781. The Bertz CT molecular complexity index is 728. The highest BCUT2D eigenvalue weighted by Crippen LogP contribution is 2.30. The van der Waals surface area contributed by atoms with Gasteiger partial charge in [0.1, 0.15) is 0 Å². The lowest BCUT2D eigenvalue weighted by Gasteiger charge is -2.35. The first-order valence-electron chi connectivity index (χ1n) is 9.03. The molecule has 2 heterocycles. The van der Waals surface area contributed by atoms with Gasteiger partial charge in [-0.25, -0.2) is 0 Å². The van der Waals surface area contributed by atoms with Gasteiger partial charge >= 0.3 is 0 Å². The Morgan fingerprint density at radius 3 is 2.38 bits per heavy atom. The first-order valence-corrected chi connectivity index (χ1v) is 9.44. The van der Waals surface area contributed by atoms with E-state index in [-0.39, 0.29) is 17.4 Å². The van der Waals surface area contributed by atoms with Crippen molar-refractivity contribution in [3.63, 3.8) is 0 Å². The number of hydrogen-bond acceptors (Lipinski definition) is 3. The number of carbonyl (C=O) groups is 1. The van der Waals surface area contributed by atoms with E-state index in [1.165, 1.54) is 5.56 Å². The molecule has 1 unspecified atom stereocenters. The Kier molecular flexibility index (Phi) is 5.34. The summed E-state index contributed by atoms with van der Waals surface area (Å²) in [6.07, 6.45) is 0. The number of allylic oxidation sites excluding steroid dienone is 1. The van der Waals surface area contributed by atoms with Crippen LogP contribution in [0.25, 0.3) is 0 Å². The molecule has 0 bridgehead atoms. The van der Waals surface area contributed by atoms with Crippen LogP contribution >= 0.6 is 12.2 Å². The second kappa shape index (κ2) is 7.37. The SMILES string of the molecule is CC1=C(C(=O)N2CCOCC2)C(c2ccc(C(C)(C)C)cc2)NC(=S)N1. The van der Waals surface area contributed by atoms with Crippen molar-refractivity contribution >= 4 is 23.2 Å². The van der Waals surface area contributed by atoms with Gasteiger partial charge in [0.15, 0.2) is 5.11 Å². The summed E-state index contributed by atoms with van der Waals surface area (Å²) in [5.41, 5.74) is 3.93. The molecule has 5 nitrogen and oxygen atoms in total. The maximum absolute atomic E-state index is 13.2. The third-order valence-corrected chi connectivity index (χ3v) is 5.13. The molecule has 0 radical (unpaired) electrons. The highest BCUT2D eigenvalue weighted by molar-refractivity contribution is 7.80. The number of carbonyl (C=O) groups excluding carboxylic acids is 1. The Balaban J connectivity index is 1.93. The smallest absolute Gasteiger partial charge is 0.254 e. The number of ether oxygens (including phenoxy) is 1. The largest absolute Gasteiger partial charge is 0.378 e. The summed E-state index contributed by atoms with van der Waals surface area (Å²) < 4.78 is 5.38. The van der Waals surface area contributed by atoms with Gasteiger partial charge in [-0.3, -0.25) is 4.79 Å². The van der Waals surface area contributed by atoms with E-state index in [2.05, 4.69) is 55.7 Å². The van der Waals surface area contributed by atoms with Crippen LogP contribution in [-0.4, -0.2) is 42.2 Å². The van der Waals surface area contributed by atoms with Crippen molar-refractivity contribution < 1.29 is 9.53 Å². The van der Waals surface area contributed by atoms with E-state index < -0.39 is 0 Å². The second-order valence-electron chi connectivity index (χ2n) is 7.85. The Labute approximate surface area is 160 Å². The molecule has 1 amide bonds. The predicted molar refractivity (Wildman–Crippen MR) is 107 cm³/mol. The molecular formula is C20H27N3O2S. The van der Waals surface area contributed by atoms with Gasteiger partial charge in [0.2, 0.25) is 0 Å². The van der Waals surface area contributed by atoms with Gasteiger partial charge < -0.3 is 20.3 Å². The molecule has 1 atom stereocenters. The van der Waals surface area contributed by atoms with Gasteiger partial charge in [0.25, 0.3) is 5.91 Å². The minimum absolute atomic E-state index is 0.0400. The topological polar surface area (TPSA) is 53.6 Å². The summed E-state index contributed by atoms with van der Waals surface area (Å²) in [6.45, 7) is 10.9. The minimum Gasteiger partial charge on any atom is -0.378 e. The van der Waals surface area contributed by atoms with E-state index in [4.69, 9.17) is 17.0 Å². The summed E-state index contributed by atoms with van der Waals surface area (Å²) >= 11 is 5.34. The zero-order valence-corrected chi connectivity index (χ0v) is 16.7. The number of morpholine rings is 1. The molecular weight excluding hydrogens is 346 g/mol. The molecule has 0 aromatic heterocycles. The molecule has 2 N–H and O–H groups in total. The van der Waals surface area contributed by atoms with Crippen LogP contribution in [0.3, 0.4) is 0 Å². The van der Waals surface area contributed by atoms with Gasteiger partial charge in [0.05, 0.1) is 24.8 Å². The maximum atomic E-state index is 13.2. The molecule has 0 spiro atoms. The van der Waals surface area contributed by atoms with Crippen LogP contribution in [0.5, 0.6) is 0 Å². The number of thiocarbonyl (C=S) groups is 1. The van der Waals surface area contributed by atoms with Crippen LogP contribution in [0.2, 0.25) is 0 Å². The predicted octanol–water partition coefficient (Wildman–Crippen LogP) is 2.64. The number of nitrogens with one attached hydrogen (secondary N) is 2. The van der Waals surface area contributed by atoms with Gasteiger partial charge in [-0.05, 0) is 35.7 Å². The van der Waals surface area contributed by atoms with Crippen molar-refractivity contribution in [1.29, 1.82) is 0 Å². The lowest BCUT2D eigenvalue weighted by Crippen LogP contribution is -2.49. The molecule has 1 aromatic rings. The van der Waals surface area contributed by atoms with E-state index in [0.29, 0.717) is 31.4 Å². The van der Waals surface area contributed by atoms with E-state index in [1.54, 1.807) is 0 Å². The van der Waals surface area contributed by atoms with Gasteiger partial charge in [-0.1, -0.05) is 45.0 Å². The van der Waals surface area contributed by atoms with Crippen molar-refractivity contribution in [2.24, 2.45) is 0 Å². The Morgan fingerprint density at radius 1 is 1.19 bits per heavy atom. The van der Waals surface area contributed by atoms with Crippen LogP contribution < -0.4 is 10.6 Å². The molecule has 0 aliphatic carbocycles. The van der Waals surface area contributed by atoms with Gasteiger partial charge in [-0.2, -0.15) is 0 Å². The minimum atomic E-state index is -0.242. The van der Waals surface area contributed by atoms with Crippen LogP contribution in [-0.2, 0) is 14.9 Å². The standard InChI is InChI=1S/C20H27N3O2S/c1-13-16(18(24)23-9-11-25-12-10-23)17(22-19(26)21-13)14-5-7-15(8-6-14)20(2,3)4/h5-8,17H,9-12H2,1-4H3,(H2,21,22,26).